The third-order valence-electron chi connectivity index (χ3n) is 12.1. The minimum Gasteiger partial charge on any atom is -0.405 e. The molecular formula is C45H44ClF6N9O5S. The quantitative estimate of drug-likeness (QED) is 0.0744. The Balaban J connectivity index is 1.29. The van der Waals surface area contributed by atoms with E-state index in [2.05, 4.69) is 42.9 Å². The summed E-state index contributed by atoms with van der Waals surface area (Å²) in [4.78, 5) is 19.1. The molecule has 8 rings (SSSR count). The van der Waals surface area contributed by atoms with Gasteiger partial charge in [0.25, 0.3) is 12.3 Å². The van der Waals surface area contributed by atoms with Crippen LogP contribution in [0.15, 0.2) is 46.9 Å². The number of aromatic nitrogens is 7. The summed E-state index contributed by atoms with van der Waals surface area (Å²) < 4.78 is 123. The average Bonchev–Trinajstić information content (AvgIpc) is 3.67. The predicted molar refractivity (Wildman–Crippen MR) is 234 cm³/mol. The first kappa shape index (κ1) is 47.5. The highest BCUT2D eigenvalue weighted by molar-refractivity contribution is 7.93. The first-order chi connectivity index (χ1) is 31.3. The highest BCUT2D eigenvalue weighted by Crippen LogP contribution is 2.54. The maximum Gasteiger partial charge on any atom is 0.321 e. The van der Waals surface area contributed by atoms with Crippen LogP contribution in [0.3, 0.4) is 0 Å². The van der Waals surface area contributed by atoms with Gasteiger partial charge in [0.1, 0.15) is 45.6 Å². The van der Waals surface area contributed by atoms with Crippen molar-refractivity contribution in [3.05, 3.63) is 98.9 Å². The van der Waals surface area contributed by atoms with E-state index < -0.39 is 91.1 Å². The summed E-state index contributed by atoms with van der Waals surface area (Å²) in [5, 5.41) is 32.2. The lowest BCUT2D eigenvalue weighted by Gasteiger charge is -2.23. The maximum absolute atomic E-state index is 15.8. The van der Waals surface area contributed by atoms with Gasteiger partial charge < -0.3 is 14.8 Å². The topological polar surface area (TPSA) is 183 Å². The highest BCUT2D eigenvalue weighted by atomic mass is 35.5. The fourth-order valence-corrected chi connectivity index (χ4v) is 10.4. The standard InChI is InChI=1S/C45H44ClF6N9O5S/c1-21-22(2)45(51,52)38-33(21)36(39(49)50)58-61(38)20-32(62)54-31(18-23-16-24(47)19-25(48)17-23)35-28(11-8-26(53-35)14-15-43(3,4)67(64,65)27-9-10-27)29-12-13-30(46)34-37(29)60(7)59-40(34)55-42-57-56-41(66-42)44(5,6)63/h8,11-13,16-17,19,21-22,27,31,39,63H,9-10,18,20H2,1-7H3,(H,54,62)(H,55,57,59)/t21-,22+,31-/m0/s1. The Morgan fingerprint density at radius 2 is 1.69 bits per heavy atom. The molecular weight excluding hydrogens is 928 g/mol. The number of sulfone groups is 1. The van der Waals surface area contributed by atoms with Gasteiger partial charge in [0.2, 0.25) is 11.8 Å². The van der Waals surface area contributed by atoms with E-state index in [4.69, 9.17) is 21.0 Å². The Labute approximate surface area is 385 Å². The van der Waals surface area contributed by atoms with Crippen LogP contribution >= 0.6 is 11.6 Å². The Kier molecular flexibility index (Phi) is 12.0. The second-order valence-electron chi connectivity index (χ2n) is 17.9. The minimum absolute atomic E-state index is 0.00488. The van der Waals surface area contributed by atoms with Gasteiger partial charge in [0.05, 0.1) is 32.9 Å². The molecule has 0 unspecified atom stereocenters. The number of amides is 1. The van der Waals surface area contributed by atoms with E-state index in [-0.39, 0.29) is 57.2 Å². The molecule has 354 valence electrons. The summed E-state index contributed by atoms with van der Waals surface area (Å²) in [5.74, 6) is -3.21. The number of carbonyl (C=O) groups is 1. The molecule has 0 aliphatic heterocycles. The largest absolute Gasteiger partial charge is 0.405 e. The fourth-order valence-electron chi connectivity index (χ4n) is 8.33. The first-order valence-electron chi connectivity index (χ1n) is 21.1. The molecule has 2 aliphatic carbocycles. The van der Waals surface area contributed by atoms with E-state index in [0.717, 1.165) is 12.1 Å². The van der Waals surface area contributed by atoms with Gasteiger partial charge in [-0.3, -0.25) is 19.5 Å². The van der Waals surface area contributed by atoms with Crippen LogP contribution in [-0.4, -0.2) is 64.2 Å². The van der Waals surface area contributed by atoms with Crippen LogP contribution in [0.2, 0.25) is 5.02 Å². The molecule has 0 spiro atoms. The minimum atomic E-state index is -3.68. The molecule has 2 aliphatic rings. The van der Waals surface area contributed by atoms with Crippen molar-refractivity contribution in [2.75, 3.05) is 5.32 Å². The summed E-state index contributed by atoms with van der Waals surface area (Å²) >= 11 is 6.82. The van der Waals surface area contributed by atoms with E-state index in [1.807, 2.05) is 0 Å². The van der Waals surface area contributed by atoms with Crippen LogP contribution < -0.4 is 10.6 Å². The number of carbonyl (C=O) groups excluding carboxylic acids is 1. The van der Waals surface area contributed by atoms with Gasteiger partial charge in [-0.05, 0) is 94.7 Å². The van der Waals surface area contributed by atoms with Crippen LogP contribution in [-0.2, 0) is 46.2 Å². The number of pyridine rings is 1. The first-order valence-corrected chi connectivity index (χ1v) is 23.0. The van der Waals surface area contributed by atoms with Gasteiger partial charge in [-0.15, -0.1) is 5.10 Å². The van der Waals surface area contributed by atoms with E-state index in [1.54, 1.807) is 25.2 Å². The Morgan fingerprint density at radius 1 is 1.01 bits per heavy atom. The summed E-state index contributed by atoms with van der Waals surface area (Å²) in [6.45, 7) is 7.49. The number of fused-ring (bicyclic) bond motifs is 2. The number of aryl methyl sites for hydroxylation is 1. The van der Waals surface area contributed by atoms with Crippen LogP contribution in [0.5, 0.6) is 0 Å². The molecule has 1 amide bonds. The van der Waals surface area contributed by atoms with E-state index >= 15 is 8.78 Å². The number of aliphatic hydroxyl groups is 1. The van der Waals surface area contributed by atoms with E-state index in [9.17, 15) is 35.9 Å². The summed E-state index contributed by atoms with van der Waals surface area (Å²) in [6, 6.07) is 7.43. The molecule has 22 heteroatoms. The van der Waals surface area contributed by atoms with Gasteiger partial charge in [0.15, 0.2) is 15.7 Å². The molecule has 3 atom stereocenters. The average molecular weight is 972 g/mol. The van der Waals surface area contributed by atoms with Gasteiger partial charge in [-0.2, -0.15) is 19.0 Å². The van der Waals surface area contributed by atoms with Crippen LogP contribution in [0, 0.1) is 29.4 Å². The number of hydrogen-bond acceptors (Lipinski definition) is 11. The number of alkyl halides is 4. The zero-order valence-corrected chi connectivity index (χ0v) is 38.6. The normalized spacial score (nSPS) is 17.7. The number of anilines is 2. The molecule has 1 saturated carbocycles. The van der Waals surface area contributed by atoms with Gasteiger partial charge in [-0.25, -0.2) is 31.0 Å². The second-order valence-corrected chi connectivity index (χ2v) is 21.1. The van der Waals surface area contributed by atoms with E-state index in [1.165, 1.54) is 52.3 Å². The number of nitrogens with one attached hydrogen (secondary N) is 2. The Morgan fingerprint density at radius 3 is 2.31 bits per heavy atom. The predicted octanol–water partition coefficient (Wildman–Crippen LogP) is 8.71. The second kappa shape index (κ2) is 17.0. The Hall–Kier alpha value is -5.98. The Bertz CT molecular complexity index is 3110. The fraction of sp³-hybridized carbons (Fsp3) is 0.422. The third-order valence-corrected chi connectivity index (χ3v) is 15.3. The lowest BCUT2D eigenvalue weighted by Crippen LogP contribution is -2.35. The molecule has 4 heterocycles. The molecule has 4 aromatic heterocycles. The van der Waals surface area contributed by atoms with Crippen molar-refractivity contribution in [2.45, 2.75) is 107 Å². The maximum atomic E-state index is 15.8. The molecule has 67 heavy (non-hydrogen) atoms. The lowest BCUT2D eigenvalue weighted by atomic mass is 9.93. The van der Waals surface area contributed by atoms with Crippen molar-refractivity contribution >= 4 is 50.1 Å². The van der Waals surface area contributed by atoms with Crippen molar-refractivity contribution in [3.8, 4) is 23.0 Å². The zero-order valence-electron chi connectivity index (χ0n) is 37.0. The smallest absolute Gasteiger partial charge is 0.321 e. The molecule has 3 N–H and O–H groups in total. The molecule has 0 radical (unpaired) electrons. The summed E-state index contributed by atoms with van der Waals surface area (Å²) in [5.41, 5.74) is -2.44. The van der Waals surface area contributed by atoms with Crippen LogP contribution in [0.4, 0.5) is 38.2 Å². The molecule has 0 saturated heterocycles. The van der Waals surface area contributed by atoms with Gasteiger partial charge in [-0.1, -0.05) is 42.5 Å². The number of halogens is 7. The third kappa shape index (κ3) is 8.86. The van der Waals surface area contributed by atoms with Gasteiger partial charge >= 0.3 is 6.01 Å². The molecule has 0 bridgehead atoms. The van der Waals surface area contributed by atoms with Crippen molar-refractivity contribution in [1.29, 1.82) is 0 Å². The van der Waals surface area contributed by atoms with Crippen LogP contribution in [0.25, 0.3) is 22.0 Å². The molecule has 6 aromatic rings. The SMILES string of the molecule is C[C@@H]1c2c(C(F)F)nn(CC(=O)N[C@@H](Cc3cc(F)cc(F)c3)c3nc(C#CC(C)(C)S(=O)(=O)C4CC4)ccc3-c3ccc(Cl)c4c(Nc5nnc(C(C)(C)O)o5)nn(C)c34)c2C(F)(F)[C@@H]1C. The van der Waals surface area contributed by atoms with Crippen molar-refractivity contribution in [3.63, 3.8) is 0 Å². The molecule has 14 nitrogen and oxygen atoms in total. The lowest BCUT2D eigenvalue weighted by molar-refractivity contribution is -0.123. The number of benzene rings is 2. The molecule has 1 fully saturated rings. The summed E-state index contributed by atoms with van der Waals surface area (Å²) in [6.07, 6.45) is -2.60. The number of rotatable bonds is 13. The number of nitrogens with zero attached hydrogens (tertiary/aromatic N) is 7. The van der Waals surface area contributed by atoms with Gasteiger partial charge in [0, 0.05) is 35.7 Å². The van der Waals surface area contributed by atoms with Crippen molar-refractivity contribution in [1.82, 2.24) is 40.1 Å². The van der Waals surface area contributed by atoms with Crippen molar-refractivity contribution < 1.29 is 49.1 Å². The molecule has 2 aromatic carbocycles. The van der Waals surface area contributed by atoms with Crippen molar-refractivity contribution in [2.24, 2.45) is 13.0 Å². The monoisotopic (exact) mass is 971 g/mol. The number of hydrogen-bond donors (Lipinski definition) is 3. The highest BCUT2D eigenvalue weighted by Gasteiger charge is 2.55. The summed E-state index contributed by atoms with van der Waals surface area (Å²) in [7, 11) is -2.09. The zero-order chi connectivity index (χ0) is 48.7. The van der Waals surface area contributed by atoms with Crippen LogP contribution in [0.1, 0.15) is 113 Å². The van der Waals surface area contributed by atoms with E-state index in [0.29, 0.717) is 40.1 Å².